The number of aromatic hydroxyl groups is 1. The van der Waals surface area contributed by atoms with Crippen LogP contribution in [0.25, 0.3) is 0 Å². The highest BCUT2D eigenvalue weighted by atomic mass is 16.3. The molecule has 0 atom stereocenters. The largest absolute Gasteiger partial charge is 0.508 e. The van der Waals surface area contributed by atoms with Crippen LogP contribution in [0.15, 0.2) is 48.5 Å². The monoisotopic (exact) mass is 354 g/mol. The van der Waals surface area contributed by atoms with E-state index in [0.717, 1.165) is 45.6 Å². The molecule has 0 aliphatic carbocycles. The van der Waals surface area contributed by atoms with Crippen LogP contribution in [0, 0.1) is 0 Å². The van der Waals surface area contributed by atoms with E-state index < -0.39 is 0 Å². The van der Waals surface area contributed by atoms with Crippen LogP contribution in [0.3, 0.4) is 0 Å². The maximum absolute atomic E-state index is 9.65. The summed E-state index contributed by atoms with van der Waals surface area (Å²) in [6.07, 6.45) is 3.35. The van der Waals surface area contributed by atoms with Gasteiger partial charge in [-0.15, -0.1) is 0 Å². The predicted molar refractivity (Wildman–Crippen MR) is 105 cm³/mol. The summed E-state index contributed by atoms with van der Waals surface area (Å²) in [6.45, 7) is 6.64. The number of piperazine rings is 1. The van der Waals surface area contributed by atoms with E-state index in [4.69, 9.17) is 0 Å². The summed E-state index contributed by atoms with van der Waals surface area (Å²) in [5.74, 6) is 0.181. The second kappa shape index (κ2) is 9.72. The molecule has 0 spiro atoms. The van der Waals surface area contributed by atoms with Gasteiger partial charge in [0.1, 0.15) is 5.75 Å². The SMILES string of the molecule is OCc1cc(CCN2CCN(CCCc3ccccc3)CC2)ccc1O. The lowest BCUT2D eigenvalue weighted by molar-refractivity contribution is 0.132. The minimum Gasteiger partial charge on any atom is -0.508 e. The number of hydrogen-bond donors (Lipinski definition) is 2. The Bertz CT molecular complexity index is 667. The van der Waals surface area contributed by atoms with Crippen LogP contribution in [-0.2, 0) is 19.4 Å². The molecular weight excluding hydrogens is 324 g/mol. The first kappa shape index (κ1) is 18.9. The smallest absolute Gasteiger partial charge is 0.121 e. The van der Waals surface area contributed by atoms with Gasteiger partial charge in [0, 0.05) is 38.3 Å². The number of rotatable bonds is 8. The second-order valence-electron chi connectivity index (χ2n) is 7.14. The first-order valence-electron chi connectivity index (χ1n) is 9.65. The fourth-order valence-corrected chi connectivity index (χ4v) is 3.60. The number of aryl methyl sites for hydroxylation is 1. The fourth-order valence-electron chi connectivity index (χ4n) is 3.60. The molecule has 4 nitrogen and oxygen atoms in total. The quantitative estimate of drug-likeness (QED) is 0.765. The summed E-state index contributed by atoms with van der Waals surface area (Å²) in [7, 11) is 0. The molecule has 26 heavy (non-hydrogen) atoms. The Labute approximate surface area is 156 Å². The van der Waals surface area contributed by atoms with E-state index >= 15 is 0 Å². The molecule has 3 rings (SSSR count). The highest BCUT2D eigenvalue weighted by molar-refractivity contribution is 5.35. The van der Waals surface area contributed by atoms with Crippen molar-refractivity contribution < 1.29 is 10.2 Å². The Morgan fingerprint density at radius 1 is 0.769 bits per heavy atom. The highest BCUT2D eigenvalue weighted by Crippen LogP contribution is 2.19. The van der Waals surface area contributed by atoms with Crippen LogP contribution < -0.4 is 0 Å². The van der Waals surface area contributed by atoms with Gasteiger partial charge in [0.05, 0.1) is 6.61 Å². The summed E-state index contributed by atoms with van der Waals surface area (Å²) in [5, 5.41) is 18.9. The summed E-state index contributed by atoms with van der Waals surface area (Å²) >= 11 is 0. The predicted octanol–water partition coefficient (Wildman–Crippen LogP) is 2.68. The summed E-state index contributed by atoms with van der Waals surface area (Å²) in [4.78, 5) is 5.09. The first-order chi connectivity index (χ1) is 12.7. The average molecular weight is 354 g/mol. The van der Waals surface area contributed by atoms with Gasteiger partial charge in [-0.3, -0.25) is 0 Å². The molecule has 4 heteroatoms. The topological polar surface area (TPSA) is 46.9 Å². The van der Waals surface area contributed by atoms with Gasteiger partial charge in [0.2, 0.25) is 0 Å². The molecule has 2 N–H and O–H groups in total. The molecule has 1 heterocycles. The van der Waals surface area contributed by atoms with Crippen LogP contribution in [0.2, 0.25) is 0 Å². The van der Waals surface area contributed by atoms with E-state index in [1.54, 1.807) is 6.07 Å². The zero-order valence-electron chi connectivity index (χ0n) is 15.5. The molecule has 0 aromatic heterocycles. The molecule has 0 bridgehead atoms. The van der Waals surface area contributed by atoms with E-state index in [-0.39, 0.29) is 12.4 Å². The van der Waals surface area contributed by atoms with Gasteiger partial charge >= 0.3 is 0 Å². The number of nitrogens with zero attached hydrogens (tertiary/aromatic N) is 2. The molecule has 0 amide bonds. The molecule has 1 aliphatic rings. The summed E-state index contributed by atoms with van der Waals surface area (Å²) in [6, 6.07) is 16.3. The van der Waals surface area contributed by atoms with E-state index in [2.05, 4.69) is 40.1 Å². The lowest BCUT2D eigenvalue weighted by Gasteiger charge is -2.34. The van der Waals surface area contributed by atoms with Crippen molar-refractivity contribution in [3.05, 3.63) is 65.2 Å². The number of aliphatic hydroxyl groups is 1. The fraction of sp³-hybridized carbons (Fsp3) is 0.455. The van der Waals surface area contributed by atoms with E-state index in [9.17, 15) is 10.2 Å². The van der Waals surface area contributed by atoms with Crippen molar-refractivity contribution in [2.45, 2.75) is 25.9 Å². The molecule has 0 unspecified atom stereocenters. The zero-order valence-corrected chi connectivity index (χ0v) is 15.5. The maximum Gasteiger partial charge on any atom is 0.121 e. The van der Waals surface area contributed by atoms with Gasteiger partial charge in [-0.2, -0.15) is 0 Å². The molecule has 140 valence electrons. The van der Waals surface area contributed by atoms with Crippen molar-refractivity contribution in [2.75, 3.05) is 39.3 Å². The lowest BCUT2D eigenvalue weighted by Crippen LogP contribution is -2.47. The third kappa shape index (κ3) is 5.56. The summed E-state index contributed by atoms with van der Waals surface area (Å²) < 4.78 is 0. The normalized spacial score (nSPS) is 16.0. The van der Waals surface area contributed by atoms with Gasteiger partial charge in [-0.05, 0) is 49.1 Å². The molecule has 0 saturated carbocycles. The van der Waals surface area contributed by atoms with E-state index in [1.165, 1.54) is 24.1 Å². The Morgan fingerprint density at radius 2 is 1.46 bits per heavy atom. The van der Waals surface area contributed by atoms with E-state index in [1.807, 2.05) is 12.1 Å². The molecule has 0 radical (unpaired) electrons. The van der Waals surface area contributed by atoms with Gasteiger partial charge in [-0.1, -0.05) is 36.4 Å². The van der Waals surface area contributed by atoms with Crippen LogP contribution in [0.1, 0.15) is 23.1 Å². The Kier molecular flexibility index (Phi) is 7.06. The van der Waals surface area contributed by atoms with Crippen LogP contribution in [0.5, 0.6) is 5.75 Å². The van der Waals surface area contributed by atoms with Gasteiger partial charge < -0.3 is 20.0 Å². The Hall–Kier alpha value is -1.88. The van der Waals surface area contributed by atoms with Gasteiger partial charge in [0.25, 0.3) is 0 Å². The third-order valence-corrected chi connectivity index (χ3v) is 5.28. The number of phenols is 1. The van der Waals surface area contributed by atoms with Crippen molar-refractivity contribution >= 4 is 0 Å². The van der Waals surface area contributed by atoms with Gasteiger partial charge in [0.15, 0.2) is 0 Å². The van der Waals surface area contributed by atoms with Crippen molar-refractivity contribution in [2.24, 2.45) is 0 Å². The Balaban J connectivity index is 1.35. The minimum atomic E-state index is -0.110. The van der Waals surface area contributed by atoms with Crippen molar-refractivity contribution in [1.29, 1.82) is 0 Å². The van der Waals surface area contributed by atoms with Crippen LogP contribution in [0.4, 0.5) is 0 Å². The molecule has 2 aromatic rings. The third-order valence-electron chi connectivity index (χ3n) is 5.28. The van der Waals surface area contributed by atoms with Crippen molar-refractivity contribution in [1.82, 2.24) is 9.80 Å². The van der Waals surface area contributed by atoms with Crippen molar-refractivity contribution in [3.63, 3.8) is 0 Å². The number of benzene rings is 2. The Morgan fingerprint density at radius 3 is 2.15 bits per heavy atom. The van der Waals surface area contributed by atoms with Crippen LogP contribution in [-0.4, -0.2) is 59.3 Å². The average Bonchev–Trinajstić information content (AvgIpc) is 2.69. The second-order valence-corrected chi connectivity index (χ2v) is 7.14. The number of hydrogen-bond acceptors (Lipinski definition) is 4. The van der Waals surface area contributed by atoms with Gasteiger partial charge in [-0.25, -0.2) is 0 Å². The highest BCUT2D eigenvalue weighted by Gasteiger charge is 2.16. The van der Waals surface area contributed by atoms with E-state index in [0.29, 0.717) is 5.56 Å². The molecular formula is C22H30N2O2. The minimum absolute atomic E-state index is 0.110. The zero-order chi connectivity index (χ0) is 18.2. The van der Waals surface area contributed by atoms with Crippen LogP contribution >= 0.6 is 0 Å². The molecule has 1 aliphatic heterocycles. The molecule has 1 saturated heterocycles. The first-order valence-corrected chi connectivity index (χ1v) is 9.65. The molecule has 2 aromatic carbocycles. The summed E-state index contributed by atoms with van der Waals surface area (Å²) in [5.41, 5.74) is 3.23. The lowest BCUT2D eigenvalue weighted by atomic mass is 10.1. The van der Waals surface area contributed by atoms with Crippen molar-refractivity contribution in [3.8, 4) is 5.75 Å². The molecule has 1 fully saturated rings. The number of aliphatic hydroxyl groups excluding tert-OH is 1. The maximum atomic E-state index is 9.65. The standard InChI is InChI=1S/C22H30N2O2/c25-18-21-17-20(8-9-22(21)26)10-12-24-15-13-23(14-16-24)11-4-7-19-5-2-1-3-6-19/h1-3,5-6,8-9,17,25-26H,4,7,10-16,18H2.